The second-order valence-corrected chi connectivity index (χ2v) is 5.06. The van der Waals surface area contributed by atoms with Crippen molar-refractivity contribution < 1.29 is 14.7 Å². The Balaban J connectivity index is 2.20. The first kappa shape index (κ1) is 12.7. The minimum Gasteiger partial charge on any atom is -0.478 e. The monoisotopic (exact) mass is 326 g/mol. The average Bonchev–Trinajstić information content (AvgIpc) is 2.85. The molecule has 1 aromatic heterocycles. The highest BCUT2D eigenvalue weighted by atomic mass is 79.9. The van der Waals surface area contributed by atoms with Crippen molar-refractivity contribution in [3.05, 3.63) is 44.8 Å². The Morgan fingerprint density at radius 3 is 2.72 bits per heavy atom. The van der Waals surface area contributed by atoms with E-state index in [4.69, 9.17) is 5.11 Å². The number of rotatable bonds is 3. The van der Waals surface area contributed by atoms with Crippen LogP contribution in [0.4, 0.5) is 5.69 Å². The molecule has 92 valence electrons. The second-order valence-electron chi connectivity index (χ2n) is 3.32. The number of hydrogen-bond acceptors (Lipinski definition) is 4. The number of thiazole rings is 1. The van der Waals surface area contributed by atoms with E-state index in [0.717, 1.165) is 0 Å². The van der Waals surface area contributed by atoms with E-state index >= 15 is 0 Å². The first-order valence-corrected chi connectivity index (χ1v) is 6.48. The fourth-order valence-electron chi connectivity index (χ4n) is 1.26. The maximum Gasteiger partial charge on any atom is 0.335 e. The van der Waals surface area contributed by atoms with Crippen molar-refractivity contribution in [2.45, 2.75) is 0 Å². The molecule has 2 rings (SSSR count). The van der Waals surface area contributed by atoms with E-state index in [-0.39, 0.29) is 11.5 Å². The van der Waals surface area contributed by atoms with Crippen molar-refractivity contribution in [1.82, 2.24) is 4.98 Å². The first-order valence-electron chi connectivity index (χ1n) is 4.80. The van der Waals surface area contributed by atoms with E-state index in [2.05, 4.69) is 26.2 Å². The number of amides is 1. The van der Waals surface area contributed by atoms with Gasteiger partial charge in [0.1, 0.15) is 4.88 Å². The van der Waals surface area contributed by atoms with Gasteiger partial charge in [0.2, 0.25) is 0 Å². The maximum atomic E-state index is 11.8. The van der Waals surface area contributed by atoms with Crippen molar-refractivity contribution in [3.63, 3.8) is 0 Å². The summed E-state index contributed by atoms with van der Waals surface area (Å²) in [5.74, 6) is -1.29. The molecule has 0 fully saturated rings. The lowest BCUT2D eigenvalue weighted by atomic mass is 10.2. The fourth-order valence-corrected chi connectivity index (χ4v) is 2.25. The van der Waals surface area contributed by atoms with Gasteiger partial charge in [-0.3, -0.25) is 9.78 Å². The molecule has 0 aliphatic carbocycles. The Morgan fingerprint density at radius 1 is 1.39 bits per heavy atom. The van der Waals surface area contributed by atoms with Crippen molar-refractivity contribution in [2.75, 3.05) is 5.32 Å². The molecular formula is C11H7BrN2O3S. The molecule has 2 N–H and O–H groups in total. The van der Waals surface area contributed by atoms with Crippen LogP contribution in [-0.4, -0.2) is 22.0 Å². The van der Waals surface area contributed by atoms with E-state index < -0.39 is 5.97 Å². The molecule has 0 saturated carbocycles. The lowest BCUT2D eigenvalue weighted by molar-refractivity contribution is 0.0696. The van der Waals surface area contributed by atoms with Crippen LogP contribution in [0.2, 0.25) is 0 Å². The highest BCUT2D eigenvalue weighted by Crippen LogP contribution is 2.24. The topological polar surface area (TPSA) is 79.3 Å². The van der Waals surface area contributed by atoms with E-state index in [9.17, 15) is 9.59 Å². The molecule has 1 amide bonds. The van der Waals surface area contributed by atoms with Crippen LogP contribution in [-0.2, 0) is 0 Å². The molecule has 0 unspecified atom stereocenters. The minimum atomic E-state index is -1.02. The van der Waals surface area contributed by atoms with Gasteiger partial charge in [0.25, 0.3) is 5.91 Å². The van der Waals surface area contributed by atoms with E-state index in [1.807, 2.05) is 0 Å². The smallest absolute Gasteiger partial charge is 0.335 e. The number of carbonyl (C=O) groups is 2. The van der Waals surface area contributed by atoms with Gasteiger partial charge in [0, 0.05) is 4.47 Å². The molecule has 0 aliphatic rings. The summed E-state index contributed by atoms with van der Waals surface area (Å²) in [7, 11) is 0. The number of benzene rings is 1. The predicted molar refractivity (Wildman–Crippen MR) is 71.2 cm³/mol. The summed E-state index contributed by atoms with van der Waals surface area (Å²) >= 11 is 4.45. The summed E-state index contributed by atoms with van der Waals surface area (Å²) in [5, 5.41) is 11.5. The van der Waals surface area contributed by atoms with Crippen LogP contribution in [0, 0.1) is 0 Å². The molecule has 7 heteroatoms. The first-order chi connectivity index (χ1) is 8.58. The Bertz CT molecular complexity index is 598. The second kappa shape index (κ2) is 5.28. The molecule has 1 aromatic carbocycles. The van der Waals surface area contributed by atoms with Gasteiger partial charge in [-0.2, -0.15) is 0 Å². The molecule has 18 heavy (non-hydrogen) atoms. The Kier molecular flexibility index (Phi) is 3.73. The third-order valence-corrected chi connectivity index (χ3v) is 3.55. The standard InChI is InChI=1S/C11H7BrN2O3S/c12-7-3-6(11(16)17)1-2-8(7)14-10(15)9-4-13-5-18-9/h1-5H,(H,14,15)(H,16,17). The fraction of sp³-hybridized carbons (Fsp3) is 0. The summed E-state index contributed by atoms with van der Waals surface area (Å²) < 4.78 is 0.514. The molecule has 0 bridgehead atoms. The number of nitrogens with one attached hydrogen (secondary N) is 1. The van der Waals surface area contributed by atoms with E-state index in [1.54, 1.807) is 5.51 Å². The molecule has 1 heterocycles. The third-order valence-electron chi connectivity index (χ3n) is 2.12. The molecule has 5 nitrogen and oxygen atoms in total. The van der Waals surface area contributed by atoms with Crippen LogP contribution < -0.4 is 5.32 Å². The molecular weight excluding hydrogens is 320 g/mol. The van der Waals surface area contributed by atoms with Gasteiger partial charge in [0.15, 0.2) is 0 Å². The molecule has 2 aromatic rings. The number of carboxylic acid groups (broad SMARTS) is 1. The SMILES string of the molecule is O=C(O)c1ccc(NC(=O)c2cncs2)c(Br)c1. The quantitative estimate of drug-likeness (QED) is 0.908. The van der Waals surface area contributed by atoms with Crippen molar-refractivity contribution >= 4 is 44.8 Å². The third kappa shape index (κ3) is 2.74. The summed E-state index contributed by atoms with van der Waals surface area (Å²) in [4.78, 5) is 26.8. The van der Waals surface area contributed by atoms with Crippen LogP contribution >= 0.6 is 27.3 Å². The Morgan fingerprint density at radius 2 is 2.17 bits per heavy atom. The number of aromatic nitrogens is 1. The number of carboxylic acids is 1. The van der Waals surface area contributed by atoms with Crippen LogP contribution in [0.15, 0.2) is 34.4 Å². The average molecular weight is 327 g/mol. The van der Waals surface area contributed by atoms with Crippen LogP contribution in [0.3, 0.4) is 0 Å². The zero-order chi connectivity index (χ0) is 13.1. The largest absolute Gasteiger partial charge is 0.478 e. The van der Waals surface area contributed by atoms with Crippen molar-refractivity contribution in [1.29, 1.82) is 0 Å². The van der Waals surface area contributed by atoms with Gasteiger partial charge in [-0.1, -0.05) is 0 Å². The Labute approximate surface area is 115 Å². The molecule has 0 spiro atoms. The zero-order valence-corrected chi connectivity index (χ0v) is 11.3. The number of hydrogen-bond donors (Lipinski definition) is 2. The van der Waals surface area contributed by atoms with E-state index in [1.165, 1.54) is 35.7 Å². The van der Waals surface area contributed by atoms with Crippen LogP contribution in [0.1, 0.15) is 20.0 Å². The van der Waals surface area contributed by atoms with Gasteiger partial charge in [-0.15, -0.1) is 11.3 Å². The Hall–Kier alpha value is -1.73. The number of carbonyl (C=O) groups excluding carboxylic acids is 1. The van der Waals surface area contributed by atoms with Crippen molar-refractivity contribution in [2.24, 2.45) is 0 Å². The van der Waals surface area contributed by atoms with Crippen LogP contribution in [0.5, 0.6) is 0 Å². The number of anilines is 1. The van der Waals surface area contributed by atoms with Crippen LogP contribution in [0.25, 0.3) is 0 Å². The molecule has 0 atom stereocenters. The maximum absolute atomic E-state index is 11.8. The summed E-state index contributed by atoms with van der Waals surface area (Å²) in [6.45, 7) is 0. The zero-order valence-electron chi connectivity index (χ0n) is 8.88. The molecule has 0 saturated heterocycles. The number of aromatic carboxylic acids is 1. The lowest BCUT2D eigenvalue weighted by Crippen LogP contribution is -2.11. The highest BCUT2D eigenvalue weighted by Gasteiger charge is 2.11. The normalized spacial score (nSPS) is 10.1. The summed E-state index contributed by atoms with van der Waals surface area (Å²) in [6, 6.07) is 4.40. The molecule has 0 radical (unpaired) electrons. The van der Waals surface area contributed by atoms with Crippen molar-refractivity contribution in [3.8, 4) is 0 Å². The summed E-state index contributed by atoms with van der Waals surface area (Å²) in [6.07, 6.45) is 1.47. The number of halogens is 1. The summed E-state index contributed by atoms with van der Waals surface area (Å²) in [5.41, 5.74) is 2.23. The van der Waals surface area contributed by atoms with Gasteiger partial charge < -0.3 is 10.4 Å². The van der Waals surface area contributed by atoms with E-state index in [0.29, 0.717) is 15.0 Å². The molecule has 0 aliphatic heterocycles. The van der Waals surface area contributed by atoms with Gasteiger partial charge in [-0.05, 0) is 34.1 Å². The van der Waals surface area contributed by atoms with Gasteiger partial charge in [0.05, 0.1) is 23.0 Å². The highest BCUT2D eigenvalue weighted by molar-refractivity contribution is 9.10. The number of nitrogens with zero attached hydrogens (tertiary/aromatic N) is 1. The van der Waals surface area contributed by atoms with Gasteiger partial charge in [-0.25, -0.2) is 4.79 Å². The minimum absolute atomic E-state index is 0.151. The van der Waals surface area contributed by atoms with Gasteiger partial charge >= 0.3 is 5.97 Å². The lowest BCUT2D eigenvalue weighted by Gasteiger charge is -2.06. The predicted octanol–water partition coefficient (Wildman–Crippen LogP) is 2.86.